The first-order valence-corrected chi connectivity index (χ1v) is 8.17. The second kappa shape index (κ2) is 10.1. The van der Waals surface area contributed by atoms with Crippen LogP contribution in [0.3, 0.4) is 0 Å². The number of carbonyl (C=O) groups excluding carboxylic acids is 1. The molecule has 3 heterocycles. The highest BCUT2D eigenvalue weighted by atomic mass is 35.5. The first-order chi connectivity index (χ1) is 10.7. The average molecular weight is 379 g/mol. The van der Waals surface area contributed by atoms with Crippen LogP contribution in [0.2, 0.25) is 0 Å². The number of amides is 1. The van der Waals surface area contributed by atoms with Crippen LogP contribution >= 0.6 is 24.8 Å². The topological polar surface area (TPSA) is 56.6 Å². The van der Waals surface area contributed by atoms with Crippen LogP contribution in [0.5, 0.6) is 0 Å². The maximum atomic E-state index is 12.2. The summed E-state index contributed by atoms with van der Waals surface area (Å²) in [5.41, 5.74) is 1.19. The first kappa shape index (κ1) is 21.0. The summed E-state index contributed by atoms with van der Waals surface area (Å²) in [5, 5.41) is 7.51. The largest absolute Gasteiger partial charge is 0.366 e. The third kappa shape index (κ3) is 5.51. The summed E-state index contributed by atoms with van der Waals surface area (Å²) in [7, 11) is 1.95. The molecule has 0 aromatic carbocycles. The van der Waals surface area contributed by atoms with E-state index in [-0.39, 0.29) is 24.8 Å². The highest BCUT2D eigenvalue weighted by Crippen LogP contribution is 2.15. The molecule has 0 atom stereocenters. The lowest BCUT2D eigenvalue weighted by Gasteiger charge is -2.35. The Bertz CT molecular complexity index is 498. The number of hydrogen-bond acceptors (Lipinski definition) is 5. The Balaban J connectivity index is 0.00000144. The van der Waals surface area contributed by atoms with Gasteiger partial charge in [-0.25, -0.2) is 0 Å². The molecule has 0 radical (unpaired) electrons. The quantitative estimate of drug-likeness (QED) is 0.811. The van der Waals surface area contributed by atoms with Crippen LogP contribution in [0.25, 0.3) is 0 Å². The van der Waals surface area contributed by atoms with Gasteiger partial charge in [0.15, 0.2) is 0 Å². The Morgan fingerprint density at radius 3 is 2.38 bits per heavy atom. The molecule has 0 aliphatic carbocycles. The van der Waals surface area contributed by atoms with Gasteiger partial charge in [-0.15, -0.1) is 24.8 Å². The van der Waals surface area contributed by atoms with Crippen molar-refractivity contribution in [1.82, 2.24) is 24.9 Å². The monoisotopic (exact) mass is 378 g/mol. The highest BCUT2D eigenvalue weighted by Gasteiger charge is 2.20. The number of nitrogens with one attached hydrogen (secondary N) is 1. The van der Waals surface area contributed by atoms with Crippen molar-refractivity contribution in [3.63, 3.8) is 0 Å². The van der Waals surface area contributed by atoms with Gasteiger partial charge in [-0.2, -0.15) is 5.10 Å². The van der Waals surface area contributed by atoms with Crippen molar-refractivity contribution >= 4 is 36.4 Å². The molecule has 7 nitrogen and oxygen atoms in total. The SMILES string of the molecule is Cl.Cl.Cn1cc(N2CCN(CCC(=O)N3CCNCC3)CC2)cn1. The molecular formula is C15H28Cl2N6O. The zero-order valence-electron chi connectivity index (χ0n) is 14.2. The molecule has 138 valence electrons. The van der Waals surface area contributed by atoms with Crippen molar-refractivity contribution in [3.8, 4) is 0 Å². The fourth-order valence-corrected chi connectivity index (χ4v) is 3.13. The number of piperazine rings is 2. The molecule has 2 aliphatic heterocycles. The zero-order chi connectivity index (χ0) is 15.4. The predicted molar refractivity (Wildman–Crippen MR) is 100 cm³/mol. The van der Waals surface area contributed by atoms with Crippen molar-refractivity contribution in [2.24, 2.45) is 7.05 Å². The lowest BCUT2D eigenvalue weighted by Crippen LogP contribution is -2.49. The maximum Gasteiger partial charge on any atom is 0.223 e. The van der Waals surface area contributed by atoms with Gasteiger partial charge in [0, 0.05) is 78.6 Å². The number of rotatable bonds is 4. The molecule has 9 heteroatoms. The first-order valence-electron chi connectivity index (χ1n) is 8.17. The second-order valence-corrected chi connectivity index (χ2v) is 6.08. The van der Waals surface area contributed by atoms with Crippen LogP contribution in [0, 0.1) is 0 Å². The predicted octanol–water partition coefficient (Wildman–Crippen LogP) is 0.208. The number of nitrogens with zero attached hydrogens (tertiary/aromatic N) is 5. The molecule has 0 bridgehead atoms. The van der Waals surface area contributed by atoms with Gasteiger partial charge in [0.05, 0.1) is 11.9 Å². The summed E-state index contributed by atoms with van der Waals surface area (Å²) in [6.45, 7) is 8.49. The van der Waals surface area contributed by atoms with Crippen LogP contribution in [0.1, 0.15) is 6.42 Å². The molecule has 0 spiro atoms. The molecule has 1 aromatic rings. The third-order valence-electron chi connectivity index (χ3n) is 4.54. The Morgan fingerprint density at radius 1 is 1.12 bits per heavy atom. The molecule has 2 saturated heterocycles. The minimum Gasteiger partial charge on any atom is -0.366 e. The molecule has 0 unspecified atom stereocenters. The fourth-order valence-electron chi connectivity index (χ4n) is 3.13. The van der Waals surface area contributed by atoms with Gasteiger partial charge in [0.25, 0.3) is 0 Å². The van der Waals surface area contributed by atoms with E-state index >= 15 is 0 Å². The molecule has 1 aromatic heterocycles. The number of carbonyl (C=O) groups is 1. The lowest BCUT2D eigenvalue weighted by atomic mass is 10.2. The number of anilines is 1. The van der Waals surface area contributed by atoms with Gasteiger partial charge < -0.3 is 15.1 Å². The van der Waals surface area contributed by atoms with Gasteiger partial charge >= 0.3 is 0 Å². The number of aromatic nitrogens is 2. The summed E-state index contributed by atoms with van der Waals surface area (Å²) < 4.78 is 1.84. The lowest BCUT2D eigenvalue weighted by molar-refractivity contribution is -0.132. The summed E-state index contributed by atoms with van der Waals surface area (Å²) in [6.07, 6.45) is 4.63. The van der Waals surface area contributed by atoms with Crippen molar-refractivity contribution in [2.45, 2.75) is 6.42 Å². The van der Waals surface area contributed by atoms with E-state index in [1.165, 1.54) is 5.69 Å². The van der Waals surface area contributed by atoms with Crippen LogP contribution in [-0.2, 0) is 11.8 Å². The van der Waals surface area contributed by atoms with E-state index in [0.29, 0.717) is 12.3 Å². The van der Waals surface area contributed by atoms with Crippen molar-refractivity contribution < 1.29 is 4.79 Å². The molecule has 1 amide bonds. The molecule has 3 rings (SSSR count). The smallest absolute Gasteiger partial charge is 0.223 e. The fraction of sp³-hybridized carbons (Fsp3) is 0.733. The Hall–Kier alpha value is -1.02. The number of halogens is 2. The second-order valence-electron chi connectivity index (χ2n) is 6.08. The van der Waals surface area contributed by atoms with E-state index in [1.807, 2.05) is 22.8 Å². The van der Waals surface area contributed by atoms with Crippen molar-refractivity contribution in [2.75, 3.05) is 63.8 Å². The van der Waals surface area contributed by atoms with Gasteiger partial charge in [0.1, 0.15) is 0 Å². The van der Waals surface area contributed by atoms with E-state index in [1.54, 1.807) is 0 Å². The molecular weight excluding hydrogens is 351 g/mol. The standard InChI is InChI=1S/C15H26N6O.2ClH/c1-18-13-14(12-17-18)20-10-8-19(9-11-20)5-2-15(22)21-6-3-16-4-7-21;;/h12-13,16H,2-11H2,1H3;2*1H. The van der Waals surface area contributed by atoms with Crippen LogP contribution in [0.4, 0.5) is 5.69 Å². The van der Waals surface area contributed by atoms with Gasteiger partial charge in [0.2, 0.25) is 5.91 Å². The molecule has 1 N–H and O–H groups in total. The molecule has 2 fully saturated rings. The van der Waals surface area contributed by atoms with Crippen molar-refractivity contribution in [1.29, 1.82) is 0 Å². The van der Waals surface area contributed by atoms with E-state index in [9.17, 15) is 4.79 Å². The third-order valence-corrected chi connectivity index (χ3v) is 4.54. The van der Waals surface area contributed by atoms with Crippen LogP contribution in [-0.4, -0.2) is 84.4 Å². The maximum absolute atomic E-state index is 12.2. The van der Waals surface area contributed by atoms with E-state index in [4.69, 9.17) is 0 Å². The number of hydrogen-bond donors (Lipinski definition) is 1. The van der Waals surface area contributed by atoms with Gasteiger partial charge in [-0.05, 0) is 0 Å². The minimum absolute atomic E-state index is 0. The van der Waals surface area contributed by atoms with Crippen LogP contribution in [0.15, 0.2) is 12.4 Å². The molecule has 2 aliphatic rings. The molecule has 24 heavy (non-hydrogen) atoms. The Labute approximate surface area is 156 Å². The van der Waals surface area contributed by atoms with Crippen molar-refractivity contribution in [3.05, 3.63) is 12.4 Å². The summed E-state index contributed by atoms with van der Waals surface area (Å²) in [5.74, 6) is 0.302. The Kier molecular flexibility index (Phi) is 8.83. The summed E-state index contributed by atoms with van der Waals surface area (Å²) >= 11 is 0. The van der Waals surface area contributed by atoms with Gasteiger partial charge in [-0.1, -0.05) is 0 Å². The van der Waals surface area contributed by atoms with Crippen LogP contribution < -0.4 is 10.2 Å². The van der Waals surface area contributed by atoms with E-state index < -0.39 is 0 Å². The average Bonchev–Trinajstić information content (AvgIpc) is 3.00. The summed E-state index contributed by atoms with van der Waals surface area (Å²) in [4.78, 5) is 18.9. The highest BCUT2D eigenvalue weighted by molar-refractivity contribution is 5.85. The molecule has 0 saturated carbocycles. The minimum atomic E-state index is 0. The number of aryl methyl sites for hydroxylation is 1. The normalized spacial score (nSPS) is 18.7. The van der Waals surface area contributed by atoms with E-state index in [2.05, 4.69) is 26.4 Å². The zero-order valence-corrected chi connectivity index (χ0v) is 15.8. The Morgan fingerprint density at radius 2 is 1.79 bits per heavy atom. The van der Waals surface area contributed by atoms with E-state index in [0.717, 1.165) is 58.9 Å². The van der Waals surface area contributed by atoms with Gasteiger partial charge in [-0.3, -0.25) is 14.4 Å². The summed E-state index contributed by atoms with van der Waals surface area (Å²) in [6, 6.07) is 0.